The lowest BCUT2D eigenvalue weighted by Gasteiger charge is -2.34. The second kappa shape index (κ2) is 10.9. The Morgan fingerprint density at radius 1 is 1.12 bits per heavy atom. The number of nitrogens with one attached hydrogen (secondary N) is 1. The number of carboxylic acids is 1. The summed E-state index contributed by atoms with van der Waals surface area (Å²) in [5.41, 5.74) is 2.30. The Labute approximate surface area is 240 Å². The van der Waals surface area contributed by atoms with Crippen LogP contribution in [0, 0.1) is 0 Å². The lowest BCUT2D eigenvalue weighted by Crippen LogP contribution is -2.58. The molecule has 0 aliphatic carbocycles. The van der Waals surface area contributed by atoms with Crippen molar-refractivity contribution in [3.63, 3.8) is 0 Å². The van der Waals surface area contributed by atoms with Crippen LogP contribution in [0.1, 0.15) is 25.3 Å². The molecule has 208 valence electrons. The monoisotopic (exact) mass is 601 g/mol. The molecule has 1 aliphatic heterocycles. The molecule has 1 fully saturated rings. The molecule has 1 aliphatic rings. The van der Waals surface area contributed by atoms with Gasteiger partial charge in [-0.15, -0.1) is 0 Å². The van der Waals surface area contributed by atoms with Gasteiger partial charge in [0.2, 0.25) is 15.9 Å². The SMILES string of the molecule is C[C@@]1(C(=O)NC(Cc2ccc(-c3cccc4ocnc34)cc2)C(=O)O)CCCN1S(=O)(=O)c1cc(Cl)cc(Cl)c1. The molecule has 3 aromatic carbocycles. The molecule has 2 heterocycles. The van der Waals surface area contributed by atoms with Crippen LogP contribution < -0.4 is 5.32 Å². The molecule has 12 heteroatoms. The Morgan fingerprint density at radius 2 is 1.82 bits per heavy atom. The molecule has 0 saturated carbocycles. The topological polar surface area (TPSA) is 130 Å². The highest BCUT2D eigenvalue weighted by molar-refractivity contribution is 7.89. The first-order valence-corrected chi connectivity index (χ1v) is 14.6. The largest absolute Gasteiger partial charge is 0.480 e. The second-order valence-corrected chi connectivity index (χ2v) is 12.6. The van der Waals surface area contributed by atoms with E-state index in [1.165, 1.54) is 31.5 Å². The van der Waals surface area contributed by atoms with Crippen molar-refractivity contribution >= 4 is 56.2 Å². The summed E-state index contributed by atoms with van der Waals surface area (Å²) >= 11 is 12.0. The number of rotatable bonds is 8. The van der Waals surface area contributed by atoms with Gasteiger partial charge < -0.3 is 14.8 Å². The number of sulfonamides is 1. The van der Waals surface area contributed by atoms with Crippen molar-refractivity contribution in [1.82, 2.24) is 14.6 Å². The summed E-state index contributed by atoms with van der Waals surface area (Å²) in [5.74, 6) is -1.93. The number of benzene rings is 3. The van der Waals surface area contributed by atoms with Gasteiger partial charge in [-0.2, -0.15) is 4.31 Å². The summed E-state index contributed by atoms with van der Waals surface area (Å²) in [6, 6.07) is 15.5. The minimum Gasteiger partial charge on any atom is -0.480 e. The second-order valence-electron chi connectivity index (χ2n) is 9.83. The van der Waals surface area contributed by atoms with Gasteiger partial charge in [-0.3, -0.25) is 4.79 Å². The van der Waals surface area contributed by atoms with Gasteiger partial charge in [0, 0.05) is 28.6 Å². The van der Waals surface area contributed by atoms with E-state index in [1.807, 2.05) is 30.3 Å². The molecule has 1 saturated heterocycles. The smallest absolute Gasteiger partial charge is 0.326 e. The van der Waals surface area contributed by atoms with Gasteiger partial charge in [-0.05, 0) is 55.2 Å². The Bertz CT molecular complexity index is 1690. The van der Waals surface area contributed by atoms with Crippen molar-refractivity contribution in [3.05, 3.63) is 82.7 Å². The van der Waals surface area contributed by atoms with Crippen molar-refractivity contribution in [2.45, 2.75) is 42.7 Å². The number of halogens is 2. The molecular weight excluding hydrogens is 577 g/mol. The number of fused-ring (bicyclic) bond motifs is 1. The van der Waals surface area contributed by atoms with Crippen molar-refractivity contribution in [2.75, 3.05) is 6.54 Å². The standard InChI is InChI=1S/C28H25Cl2N3O6S/c1-28(10-3-11-33(28)40(37,38)21-14-19(29)13-20(30)15-21)27(36)32-23(26(34)35)12-17-6-8-18(9-7-17)22-4-2-5-24-25(22)31-16-39-24/h2,4-9,13-16,23H,3,10-12H2,1H3,(H,32,36)(H,34,35)/t23?,28-/m0/s1. The fraction of sp³-hybridized carbons (Fsp3) is 0.250. The van der Waals surface area contributed by atoms with E-state index in [2.05, 4.69) is 10.3 Å². The highest BCUT2D eigenvalue weighted by Gasteiger charge is 2.50. The number of oxazole rings is 1. The first kappa shape index (κ1) is 28.1. The first-order chi connectivity index (χ1) is 19.0. The van der Waals surface area contributed by atoms with Crippen LogP contribution in [-0.2, 0) is 26.0 Å². The van der Waals surface area contributed by atoms with E-state index in [9.17, 15) is 23.1 Å². The molecule has 1 aromatic heterocycles. The van der Waals surface area contributed by atoms with Crippen LogP contribution in [0.25, 0.3) is 22.2 Å². The molecule has 2 atom stereocenters. The van der Waals surface area contributed by atoms with E-state index in [0.29, 0.717) is 17.6 Å². The van der Waals surface area contributed by atoms with Crippen LogP contribution in [0.5, 0.6) is 0 Å². The zero-order valence-electron chi connectivity index (χ0n) is 21.3. The fourth-order valence-electron chi connectivity index (χ4n) is 5.04. The molecule has 0 bridgehead atoms. The van der Waals surface area contributed by atoms with Crippen molar-refractivity contribution in [2.24, 2.45) is 0 Å². The van der Waals surface area contributed by atoms with Crippen LogP contribution >= 0.6 is 23.2 Å². The predicted octanol–water partition coefficient (Wildman–Crippen LogP) is 5.16. The number of amides is 1. The van der Waals surface area contributed by atoms with Crippen LogP contribution in [-0.4, -0.2) is 52.8 Å². The molecule has 1 amide bonds. The zero-order valence-corrected chi connectivity index (χ0v) is 23.6. The third-order valence-corrected chi connectivity index (χ3v) is 9.59. The summed E-state index contributed by atoms with van der Waals surface area (Å²) in [4.78, 5) is 29.8. The number of aliphatic carboxylic acids is 1. The molecule has 40 heavy (non-hydrogen) atoms. The van der Waals surface area contributed by atoms with Crippen molar-refractivity contribution < 1.29 is 27.5 Å². The van der Waals surface area contributed by atoms with Gasteiger partial charge in [-0.1, -0.05) is 59.6 Å². The minimum absolute atomic E-state index is 0.00223. The van der Waals surface area contributed by atoms with Gasteiger partial charge >= 0.3 is 5.97 Å². The summed E-state index contributed by atoms with van der Waals surface area (Å²) in [6.45, 7) is 1.59. The number of hydrogen-bond acceptors (Lipinski definition) is 6. The minimum atomic E-state index is -4.15. The van der Waals surface area contributed by atoms with Crippen molar-refractivity contribution in [3.8, 4) is 11.1 Å². The molecule has 1 unspecified atom stereocenters. The molecule has 0 spiro atoms. The van der Waals surface area contributed by atoms with Crippen molar-refractivity contribution in [1.29, 1.82) is 0 Å². The van der Waals surface area contributed by atoms with E-state index in [4.69, 9.17) is 27.6 Å². The third kappa shape index (κ3) is 5.32. The Hall–Kier alpha value is -3.44. The maximum atomic E-state index is 13.5. The van der Waals surface area contributed by atoms with Gasteiger partial charge in [0.25, 0.3) is 0 Å². The van der Waals surface area contributed by atoms with E-state index in [0.717, 1.165) is 20.9 Å². The molecule has 9 nitrogen and oxygen atoms in total. The summed E-state index contributed by atoms with van der Waals surface area (Å²) in [7, 11) is -4.15. The Kier molecular flexibility index (Phi) is 7.62. The molecule has 5 rings (SSSR count). The van der Waals surface area contributed by atoms with Crippen LogP contribution in [0.3, 0.4) is 0 Å². The highest BCUT2D eigenvalue weighted by atomic mass is 35.5. The van der Waals surface area contributed by atoms with Crippen LogP contribution in [0.15, 0.2) is 76.4 Å². The molecule has 0 radical (unpaired) electrons. The van der Waals surface area contributed by atoms with Gasteiger partial charge in [0.1, 0.15) is 17.1 Å². The number of hydrogen-bond donors (Lipinski definition) is 2. The first-order valence-electron chi connectivity index (χ1n) is 12.4. The molecule has 4 aromatic rings. The summed E-state index contributed by atoms with van der Waals surface area (Å²) in [6.07, 6.45) is 2.03. The average molecular weight is 602 g/mol. The maximum Gasteiger partial charge on any atom is 0.326 e. The normalized spacial score (nSPS) is 18.6. The predicted molar refractivity (Wildman–Crippen MR) is 151 cm³/mol. The van der Waals surface area contributed by atoms with Gasteiger partial charge in [-0.25, -0.2) is 18.2 Å². The quantitative estimate of drug-likeness (QED) is 0.285. The maximum absolute atomic E-state index is 13.5. The molecular formula is C28H25Cl2N3O6S. The highest BCUT2D eigenvalue weighted by Crippen LogP contribution is 2.36. The van der Waals surface area contributed by atoms with Gasteiger partial charge in [0.15, 0.2) is 12.0 Å². The summed E-state index contributed by atoms with van der Waals surface area (Å²) < 4.78 is 33.4. The molecule has 2 N–H and O–H groups in total. The van der Waals surface area contributed by atoms with E-state index in [-0.39, 0.29) is 34.3 Å². The number of aromatic nitrogens is 1. The Balaban J connectivity index is 1.34. The fourth-order valence-corrected chi connectivity index (χ4v) is 7.58. The van der Waals surface area contributed by atoms with Crippen LogP contribution in [0.2, 0.25) is 10.0 Å². The lowest BCUT2D eigenvalue weighted by molar-refractivity contribution is -0.143. The zero-order chi connectivity index (χ0) is 28.7. The Morgan fingerprint density at radius 3 is 2.50 bits per heavy atom. The summed E-state index contributed by atoms with van der Waals surface area (Å²) in [5, 5.41) is 12.8. The number of carbonyl (C=O) groups excluding carboxylic acids is 1. The van der Waals surface area contributed by atoms with Gasteiger partial charge in [0.05, 0.1) is 4.90 Å². The van der Waals surface area contributed by atoms with E-state index in [1.54, 1.807) is 12.1 Å². The number of carboxylic acid groups (broad SMARTS) is 1. The average Bonchev–Trinajstić information content (AvgIpc) is 3.56. The third-order valence-electron chi connectivity index (χ3n) is 7.16. The number of carbonyl (C=O) groups is 2. The van der Waals surface area contributed by atoms with E-state index < -0.39 is 33.5 Å². The number of nitrogens with zero attached hydrogens (tertiary/aromatic N) is 2. The van der Waals surface area contributed by atoms with Crippen LogP contribution in [0.4, 0.5) is 0 Å². The number of para-hydroxylation sites is 1. The van der Waals surface area contributed by atoms with E-state index >= 15 is 0 Å². The lowest BCUT2D eigenvalue weighted by atomic mass is 9.97.